The van der Waals surface area contributed by atoms with E-state index in [-0.39, 0.29) is 0 Å². The molecule has 1 aliphatic rings. The van der Waals surface area contributed by atoms with E-state index in [9.17, 15) is 0 Å². The topological polar surface area (TPSA) is 51.4 Å². The Hall–Kier alpha value is -0.620. The Morgan fingerprint density at radius 3 is 2.87 bits per heavy atom. The van der Waals surface area contributed by atoms with Crippen LogP contribution in [0.3, 0.4) is 0 Å². The fraction of sp³-hybridized carbons (Fsp3) is 0.667. The van der Waals surface area contributed by atoms with E-state index in [1.165, 1.54) is 23.0 Å². The van der Waals surface area contributed by atoms with Crippen LogP contribution in [-0.2, 0) is 0 Å². The minimum Gasteiger partial charge on any atom is -0.487 e. The summed E-state index contributed by atoms with van der Waals surface area (Å²) in [6, 6.07) is 0. The molecule has 4 nitrogen and oxygen atoms in total. The number of ether oxygens (including phenoxy) is 1. The molecule has 0 atom stereocenters. The van der Waals surface area contributed by atoms with Crippen molar-refractivity contribution in [2.75, 3.05) is 41.8 Å². The molecule has 2 N–H and O–H groups in total. The number of hydrogen-bond acceptors (Lipinski definition) is 6. The number of hydrogen-bond donors (Lipinski definition) is 1. The number of nitrogens with zero attached hydrogens (tertiary/aromatic N) is 2. The zero-order valence-electron chi connectivity index (χ0n) is 8.73. The number of nitrogens with two attached hydrogens (primary N) is 1. The van der Waals surface area contributed by atoms with Gasteiger partial charge in [-0.2, -0.15) is 16.1 Å². The molecule has 0 spiro atoms. The molecule has 0 aliphatic carbocycles. The normalized spacial score (nSPS) is 16.7. The van der Waals surface area contributed by atoms with Crippen molar-refractivity contribution < 1.29 is 4.74 Å². The summed E-state index contributed by atoms with van der Waals surface area (Å²) in [7, 11) is 0. The Kier molecular flexibility index (Phi) is 3.58. The quantitative estimate of drug-likeness (QED) is 0.878. The molecule has 1 aromatic rings. The average molecular weight is 245 g/mol. The van der Waals surface area contributed by atoms with Gasteiger partial charge in [0.05, 0.1) is 6.61 Å². The molecule has 1 aromatic heterocycles. The van der Waals surface area contributed by atoms with Gasteiger partial charge in [-0.05, 0) is 18.5 Å². The van der Waals surface area contributed by atoms with E-state index in [0.29, 0.717) is 12.4 Å². The Balaban J connectivity index is 2.18. The molecular weight excluding hydrogens is 230 g/mol. The predicted molar refractivity (Wildman–Crippen MR) is 67.2 cm³/mol. The van der Waals surface area contributed by atoms with Crippen LogP contribution >= 0.6 is 23.3 Å². The first-order valence-electron chi connectivity index (χ1n) is 5.03. The number of thioether (sulfide) groups is 1. The summed E-state index contributed by atoms with van der Waals surface area (Å²) in [6.45, 7) is 4.73. The van der Waals surface area contributed by atoms with Crippen LogP contribution in [0.1, 0.15) is 6.92 Å². The maximum atomic E-state index is 5.78. The standard InChI is InChI=1S/C9H15N3OS2/c1-2-13-7-8(10)11-15-9(7)12-3-5-14-6-4-12/h2-6H2,1H3,(H2,10,11). The van der Waals surface area contributed by atoms with Gasteiger partial charge in [-0.3, -0.25) is 0 Å². The maximum Gasteiger partial charge on any atom is 0.197 e. The molecule has 84 valence electrons. The van der Waals surface area contributed by atoms with Crippen molar-refractivity contribution >= 4 is 34.1 Å². The molecule has 2 rings (SSSR count). The second kappa shape index (κ2) is 4.94. The monoisotopic (exact) mass is 245 g/mol. The van der Waals surface area contributed by atoms with Gasteiger partial charge in [0.2, 0.25) is 0 Å². The minimum absolute atomic E-state index is 0.523. The number of aromatic nitrogens is 1. The van der Waals surface area contributed by atoms with Gasteiger partial charge >= 0.3 is 0 Å². The van der Waals surface area contributed by atoms with Crippen molar-refractivity contribution in [1.29, 1.82) is 0 Å². The van der Waals surface area contributed by atoms with E-state index in [1.54, 1.807) is 0 Å². The van der Waals surface area contributed by atoms with Gasteiger partial charge in [-0.1, -0.05) is 0 Å². The van der Waals surface area contributed by atoms with Gasteiger partial charge in [-0.25, -0.2) is 0 Å². The first-order valence-corrected chi connectivity index (χ1v) is 6.96. The van der Waals surface area contributed by atoms with E-state index in [0.717, 1.165) is 23.8 Å². The molecule has 0 aromatic carbocycles. The van der Waals surface area contributed by atoms with Gasteiger partial charge < -0.3 is 15.4 Å². The lowest BCUT2D eigenvalue weighted by atomic mass is 10.4. The summed E-state index contributed by atoms with van der Waals surface area (Å²) >= 11 is 3.43. The highest BCUT2D eigenvalue weighted by atomic mass is 32.2. The molecule has 6 heteroatoms. The van der Waals surface area contributed by atoms with Gasteiger partial charge in [0.25, 0.3) is 0 Å². The van der Waals surface area contributed by atoms with Gasteiger partial charge in [0.15, 0.2) is 16.6 Å². The maximum absolute atomic E-state index is 5.78. The van der Waals surface area contributed by atoms with Gasteiger partial charge in [-0.15, -0.1) is 0 Å². The smallest absolute Gasteiger partial charge is 0.197 e. The third-order valence-corrected chi connectivity index (χ3v) is 4.09. The van der Waals surface area contributed by atoms with Gasteiger partial charge in [0.1, 0.15) is 0 Å². The van der Waals surface area contributed by atoms with Crippen molar-refractivity contribution in [1.82, 2.24) is 4.37 Å². The van der Waals surface area contributed by atoms with Crippen molar-refractivity contribution in [3.8, 4) is 5.75 Å². The average Bonchev–Trinajstić information content (AvgIpc) is 2.63. The molecule has 1 saturated heterocycles. The largest absolute Gasteiger partial charge is 0.487 e. The molecular formula is C9H15N3OS2. The van der Waals surface area contributed by atoms with Crippen LogP contribution in [0.15, 0.2) is 0 Å². The number of rotatable bonds is 3. The SMILES string of the molecule is CCOc1c(N)nsc1N1CCSCC1. The second-order valence-electron chi connectivity index (χ2n) is 3.23. The van der Waals surface area contributed by atoms with Crippen LogP contribution in [0, 0.1) is 0 Å². The Labute approximate surface area is 98.0 Å². The summed E-state index contributed by atoms with van der Waals surface area (Å²) in [4.78, 5) is 2.32. The Morgan fingerprint density at radius 1 is 1.47 bits per heavy atom. The fourth-order valence-electron chi connectivity index (χ4n) is 1.53. The Bertz CT molecular complexity index is 323. The van der Waals surface area contributed by atoms with Crippen LogP contribution in [0.25, 0.3) is 0 Å². The van der Waals surface area contributed by atoms with Crippen LogP contribution < -0.4 is 15.4 Å². The van der Waals surface area contributed by atoms with E-state index >= 15 is 0 Å². The van der Waals surface area contributed by atoms with Crippen LogP contribution in [0.4, 0.5) is 10.8 Å². The Morgan fingerprint density at radius 2 is 2.20 bits per heavy atom. The molecule has 0 saturated carbocycles. The highest BCUT2D eigenvalue weighted by Gasteiger charge is 2.20. The molecule has 1 aliphatic heterocycles. The molecule has 0 bridgehead atoms. The summed E-state index contributed by atoms with van der Waals surface area (Å²) < 4.78 is 9.69. The lowest BCUT2D eigenvalue weighted by Gasteiger charge is -2.27. The van der Waals surface area contributed by atoms with Crippen LogP contribution in [0.5, 0.6) is 5.75 Å². The summed E-state index contributed by atoms with van der Waals surface area (Å²) in [5.74, 6) is 3.64. The van der Waals surface area contributed by atoms with Crippen molar-refractivity contribution in [2.24, 2.45) is 0 Å². The van der Waals surface area contributed by atoms with Crippen LogP contribution in [-0.4, -0.2) is 35.6 Å². The molecule has 0 radical (unpaired) electrons. The number of nitrogen functional groups attached to an aromatic ring is 1. The summed E-state index contributed by atoms with van der Waals surface area (Å²) in [6.07, 6.45) is 0. The summed E-state index contributed by atoms with van der Waals surface area (Å²) in [5.41, 5.74) is 5.78. The summed E-state index contributed by atoms with van der Waals surface area (Å²) in [5, 5.41) is 1.09. The molecule has 0 amide bonds. The lowest BCUT2D eigenvalue weighted by molar-refractivity contribution is 0.343. The first kappa shape index (κ1) is 10.9. The van der Waals surface area contributed by atoms with E-state index in [1.807, 2.05) is 18.7 Å². The zero-order chi connectivity index (χ0) is 10.7. The lowest BCUT2D eigenvalue weighted by Crippen LogP contribution is -2.32. The molecule has 2 heterocycles. The highest BCUT2D eigenvalue weighted by molar-refractivity contribution is 7.99. The van der Waals surface area contributed by atoms with E-state index < -0.39 is 0 Å². The first-order chi connectivity index (χ1) is 7.33. The highest BCUT2D eigenvalue weighted by Crippen LogP contribution is 2.38. The molecule has 1 fully saturated rings. The number of anilines is 2. The van der Waals surface area contributed by atoms with Crippen molar-refractivity contribution in [2.45, 2.75) is 6.92 Å². The van der Waals surface area contributed by atoms with E-state index in [2.05, 4.69) is 9.27 Å². The second-order valence-corrected chi connectivity index (χ2v) is 5.21. The molecule has 15 heavy (non-hydrogen) atoms. The van der Waals surface area contributed by atoms with Crippen molar-refractivity contribution in [3.05, 3.63) is 0 Å². The minimum atomic E-state index is 0.523. The zero-order valence-corrected chi connectivity index (χ0v) is 10.4. The van der Waals surface area contributed by atoms with Crippen molar-refractivity contribution in [3.63, 3.8) is 0 Å². The van der Waals surface area contributed by atoms with E-state index in [4.69, 9.17) is 10.5 Å². The third kappa shape index (κ3) is 2.31. The fourth-order valence-corrected chi connectivity index (χ4v) is 3.25. The van der Waals surface area contributed by atoms with Gasteiger partial charge in [0, 0.05) is 24.6 Å². The third-order valence-electron chi connectivity index (χ3n) is 2.24. The van der Waals surface area contributed by atoms with Crippen LogP contribution in [0.2, 0.25) is 0 Å². The molecule has 0 unspecified atom stereocenters. The predicted octanol–water partition coefficient (Wildman–Crippen LogP) is 1.68.